The molecule has 2 rings (SSSR count). The zero-order chi connectivity index (χ0) is 13.1. The summed E-state index contributed by atoms with van der Waals surface area (Å²) >= 11 is 0. The molecular formula is C14H17N3O. The highest BCUT2D eigenvalue weighted by atomic mass is 16.5. The van der Waals surface area contributed by atoms with Gasteiger partial charge in [0.15, 0.2) is 0 Å². The van der Waals surface area contributed by atoms with E-state index in [0.717, 1.165) is 22.5 Å². The summed E-state index contributed by atoms with van der Waals surface area (Å²) in [5, 5.41) is 0. The van der Waals surface area contributed by atoms with Gasteiger partial charge in [-0.3, -0.25) is 9.97 Å². The van der Waals surface area contributed by atoms with Crippen LogP contribution >= 0.6 is 0 Å². The van der Waals surface area contributed by atoms with Gasteiger partial charge >= 0.3 is 0 Å². The van der Waals surface area contributed by atoms with E-state index in [1.54, 1.807) is 19.5 Å². The normalized spacial score (nSPS) is 12.2. The highest BCUT2D eigenvalue weighted by molar-refractivity contribution is 5.34. The van der Waals surface area contributed by atoms with Crippen LogP contribution in [0.15, 0.2) is 30.6 Å². The SMILES string of the molecule is COc1cncc(C(N)c2cc(C)nc(C)c2)c1. The largest absolute Gasteiger partial charge is 0.495 e. The summed E-state index contributed by atoms with van der Waals surface area (Å²) in [4.78, 5) is 8.47. The van der Waals surface area contributed by atoms with E-state index in [2.05, 4.69) is 9.97 Å². The highest BCUT2D eigenvalue weighted by Gasteiger charge is 2.11. The van der Waals surface area contributed by atoms with E-state index in [1.165, 1.54) is 0 Å². The van der Waals surface area contributed by atoms with E-state index in [9.17, 15) is 0 Å². The molecule has 2 heterocycles. The summed E-state index contributed by atoms with van der Waals surface area (Å²) in [5.41, 5.74) is 10.2. The topological polar surface area (TPSA) is 61.0 Å². The van der Waals surface area contributed by atoms with Gasteiger partial charge in [0.1, 0.15) is 5.75 Å². The smallest absolute Gasteiger partial charge is 0.137 e. The maximum atomic E-state index is 6.25. The molecule has 0 saturated heterocycles. The molecule has 2 N–H and O–H groups in total. The Hall–Kier alpha value is -1.94. The molecule has 1 unspecified atom stereocenters. The first-order valence-corrected chi connectivity index (χ1v) is 5.80. The second kappa shape index (κ2) is 5.14. The maximum absolute atomic E-state index is 6.25. The van der Waals surface area contributed by atoms with Crippen molar-refractivity contribution in [3.05, 3.63) is 53.1 Å². The minimum atomic E-state index is -0.215. The van der Waals surface area contributed by atoms with Gasteiger partial charge in [-0.05, 0) is 43.2 Å². The fraction of sp³-hybridized carbons (Fsp3) is 0.286. The quantitative estimate of drug-likeness (QED) is 0.897. The van der Waals surface area contributed by atoms with Crippen LogP contribution in [0.3, 0.4) is 0 Å². The van der Waals surface area contributed by atoms with Crippen LogP contribution in [0.25, 0.3) is 0 Å². The molecule has 0 bridgehead atoms. The predicted molar refractivity (Wildman–Crippen MR) is 70.5 cm³/mol. The van der Waals surface area contributed by atoms with Gasteiger partial charge in [0.25, 0.3) is 0 Å². The minimum Gasteiger partial charge on any atom is -0.495 e. The standard InChI is InChI=1S/C14H17N3O/c1-9-4-11(5-10(2)17-9)14(15)12-6-13(18-3)8-16-7-12/h4-8,14H,15H2,1-3H3. The second-order valence-corrected chi connectivity index (χ2v) is 4.32. The Labute approximate surface area is 107 Å². The fourth-order valence-electron chi connectivity index (χ4n) is 1.96. The summed E-state index contributed by atoms with van der Waals surface area (Å²) < 4.78 is 5.16. The van der Waals surface area contributed by atoms with Gasteiger partial charge in [-0.1, -0.05) is 0 Å². The number of hydrogen-bond acceptors (Lipinski definition) is 4. The molecule has 18 heavy (non-hydrogen) atoms. The number of methoxy groups -OCH3 is 1. The minimum absolute atomic E-state index is 0.215. The zero-order valence-electron chi connectivity index (χ0n) is 10.8. The van der Waals surface area contributed by atoms with E-state index in [-0.39, 0.29) is 6.04 Å². The first-order valence-electron chi connectivity index (χ1n) is 5.80. The Bertz CT molecular complexity index is 534. The average Bonchev–Trinajstić information content (AvgIpc) is 2.37. The first kappa shape index (κ1) is 12.5. The molecule has 0 aliphatic carbocycles. The second-order valence-electron chi connectivity index (χ2n) is 4.32. The lowest BCUT2D eigenvalue weighted by Gasteiger charge is -2.14. The summed E-state index contributed by atoms with van der Waals surface area (Å²) in [6.07, 6.45) is 3.43. The molecule has 0 spiro atoms. The molecule has 2 aromatic rings. The van der Waals surface area contributed by atoms with Crippen LogP contribution in [0.4, 0.5) is 0 Å². The van der Waals surface area contributed by atoms with Crippen LogP contribution in [0.2, 0.25) is 0 Å². The van der Waals surface area contributed by atoms with E-state index < -0.39 is 0 Å². The predicted octanol–water partition coefficient (Wildman–Crippen LogP) is 2.15. The first-order chi connectivity index (χ1) is 8.60. The van der Waals surface area contributed by atoms with Crippen molar-refractivity contribution in [2.24, 2.45) is 5.73 Å². The molecule has 4 heteroatoms. The van der Waals surface area contributed by atoms with E-state index >= 15 is 0 Å². The Morgan fingerprint density at radius 3 is 2.33 bits per heavy atom. The van der Waals surface area contributed by atoms with E-state index in [0.29, 0.717) is 5.75 Å². The van der Waals surface area contributed by atoms with Gasteiger partial charge in [-0.15, -0.1) is 0 Å². The lowest BCUT2D eigenvalue weighted by molar-refractivity contribution is 0.412. The third-order valence-electron chi connectivity index (χ3n) is 2.79. The molecule has 0 fully saturated rings. The summed E-state index contributed by atoms with van der Waals surface area (Å²) in [6.45, 7) is 3.93. The number of aromatic nitrogens is 2. The fourth-order valence-corrected chi connectivity index (χ4v) is 1.96. The van der Waals surface area contributed by atoms with Gasteiger partial charge in [0.2, 0.25) is 0 Å². The van der Waals surface area contributed by atoms with Crippen molar-refractivity contribution in [2.45, 2.75) is 19.9 Å². The van der Waals surface area contributed by atoms with Crippen LogP contribution in [0.1, 0.15) is 28.6 Å². The zero-order valence-corrected chi connectivity index (χ0v) is 10.8. The Morgan fingerprint density at radius 1 is 1.06 bits per heavy atom. The third-order valence-corrected chi connectivity index (χ3v) is 2.79. The monoisotopic (exact) mass is 243 g/mol. The van der Waals surface area contributed by atoms with Crippen LogP contribution < -0.4 is 10.5 Å². The number of ether oxygens (including phenoxy) is 1. The maximum Gasteiger partial charge on any atom is 0.137 e. The van der Waals surface area contributed by atoms with Crippen molar-refractivity contribution in [1.82, 2.24) is 9.97 Å². The van der Waals surface area contributed by atoms with Crippen molar-refractivity contribution < 1.29 is 4.74 Å². The van der Waals surface area contributed by atoms with Crippen LogP contribution in [0.5, 0.6) is 5.75 Å². The lowest BCUT2D eigenvalue weighted by atomic mass is 10.0. The molecule has 0 saturated carbocycles. The molecule has 94 valence electrons. The number of aryl methyl sites for hydroxylation is 2. The summed E-state index contributed by atoms with van der Waals surface area (Å²) in [6, 6.07) is 5.69. The Kier molecular flexibility index (Phi) is 3.58. The molecule has 0 amide bonds. The molecule has 4 nitrogen and oxygen atoms in total. The molecule has 2 aromatic heterocycles. The molecule has 0 radical (unpaired) electrons. The van der Waals surface area contributed by atoms with Gasteiger partial charge in [-0.25, -0.2) is 0 Å². The van der Waals surface area contributed by atoms with Crippen molar-refractivity contribution in [3.8, 4) is 5.75 Å². The number of hydrogen-bond donors (Lipinski definition) is 1. The molecular weight excluding hydrogens is 226 g/mol. The third kappa shape index (κ3) is 2.65. The average molecular weight is 243 g/mol. The van der Waals surface area contributed by atoms with Crippen molar-refractivity contribution in [3.63, 3.8) is 0 Å². The Balaban J connectivity index is 2.37. The number of nitrogens with two attached hydrogens (primary N) is 1. The Morgan fingerprint density at radius 2 is 1.72 bits per heavy atom. The summed E-state index contributed by atoms with van der Waals surface area (Å²) in [5.74, 6) is 0.713. The molecule has 0 aliphatic rings. The van der Waals surface area contributed by atoms with Gasteiger partial charge in [-0.2, -0.15) is 0 Å². The summed E-state index contributed by atoms with van der Waals surface area (Å²) in [7, 11) is 1.62. The van der Waals surface area contributed by atoms with E-state index in [4.69, 9.17) is 10.5 Å². The number of nitrogens with zero attached hydrogens (tertiary/aromatic N) is 2. The van der Waals surface area contributed by atoms with Crippen LogP contribution in [-0.2, 0) is 0 Å². The van der Waals surface area contributed by atoms with Crippen LogP contribution in [0, 0.1) is 13.8 Å². The van der Waals surface area contributed by atoms with Crippen molar-refractivity contribution in [2.75, 3.05) is 7.11 Å². The molecule has 0 aromatic carbocycles. The van der Waals surface area contributed by atoms with Crippen molar-refractivity contribution in [1.29, 1.82) is 0 Å². The van der Waals surface area contributed by atoms with Crippen molar-refractivity contribution >= 4 is 0 Å². The van der Waals surface area contributed by atoms with Gasteiger partial charge < -0.3 is 10.5 Å². The number of pyridine rings is 2. The van der Waals surface area contributed by atoms with Gasteiger partial charge in [0.05, 0.1) is 19.3 Å². The van der Waals surface area contributed by atoms with Gasteiger partial charge in [0, 0.05) is 17.6 Å². The van der Waals surface area contributed by atoms with Crippen LogP contribution in [-0.4, -0.2) is 17.1 Å². The molecule has 0 aliphatic heterocycles. The lowest BCUT2D eigenvalue weighted by Crippen LogP contribution is -2.13. The molecule has 1 atom stereocenters. The highest BCUT2D eigenvalue weighted by Crippen LogP contribution is 2.22. The van der Waals surface area contributed by atoms with E-state index in [1.807, 2.05) is 32.0 Å². The number of rotatable bonds is 3.